The van der Waals surface area contributed by atoms with E-state index >= 15 is 0 Å². The highest BCUT2D eigenvalue weighted by Crippen LogP contribution is 2.30. The predicted octanol–water partition coefficient (Wildman–Crippen LogP) is 2.90. The maximum atomic E-state index is 12.5. The second kappa shape index (κ2) is 6.77. The van der Waals surface area contributed by atoms with Gasteiger partial charge in [0.15, 0.2) is 0 Å². The lowest BCUT2D eigenvalue weighted by molar-refractivity contribution is -0.137. The number of alkyl halides is 3. The van der Waals surface area contributed by atoms with Gasteiger partial charge in [0.2, 0.25) is 0 Å². The molecule has 3 nitrogen and oxygen atoms in total. The Hall–Kier alpha value is -1.11. The Kier molecular flexibility index (Phi) is 5.24. The summed E-state index contributed by atoms with van der Waals surface area (Å²) in [5.41, 5.74) is -0.232. The topological polar surface area (TPSA) is 41.5 Å². The molecule has 0 radical (unpaired) electrons. The standard InChI is InChI=1S/C15H20F3NO2/c1-21-14-4-2-3-12(14)19-9-13(20)10-5-7-11(8-6-10)15(16,17)18/h5-8,12-14,19-20H,2-4,9H2,1H3. The summed E-state index contributed by atoms with van der Waals surface area (Å²) in [5.74, 6) is 0. The largest absolute Gasteiger partial charge is 0.416 e. The molecule has 1 saturated carbocycles. The molecule has 3 atom stereocenters. The molecule has 0 aliphatic heterocycles. The van der Waals surface area contributed by atoms with E-state index in [9.17, 15) is 18.3 Å². The van der Waals surface area contributed by atoms with Crippen molar-refractivity contribution in [3.63, 3.8) is 0 Å². The fourth-order valence-electron chi connectivity index (χ4n) is 2.72. The average molecular weight is 303 g/mol. The fourth-order valence-corrected chi connectivity index (χ4v) is 2.72. The molecule has 1 aliphatic carbocycles. The van der Waals surface area contributed by atoms with Crippen LogP contribution in [0.3, 0.4) is 0 Å². The molecule has 118 valence electrons. The molecule has 0 saturated heterocycles. The summed E-state index contributed by atoms with van der Waals surface area (Å²) in [6, 6.07) is 4.81. The van der Waals surface area contributed by atoms with Crippen LogP contribution in [0, 0.1) is 0 Å². The molecule has 21 heavy (non-hydrogen) atoms. The first-order chi connectivity index (χ1) is 9.91. The third kappa shape index (κ3) is 4.18. The number of methoxy groups -OCH3 is 1. The first kappa shape index (κ1) is 16.3. The van der Waals surface area contributed by atoms with Gasteiger partial charge in [0.1, 0.15) is 0 Å². The van der Waals surface area contributed by atoms with Crippen LogP contribution in [0.15, 0.2) is 24.3 Å². The lowest BCUT2D eigenvalue weighted by Crippen LogP contribution is -2.39. The molecule has 2 N–H and O–H groups in total. The van der Waals surface area contributed by atoms with E-state index < -0.39 is 17.8 Å². The highest BCUT2D eigenvalue weighted by Gasteiger charge is 2.30. The van der Waals surface area contributed by atoms with Crippen molar-refractivity contribution in [3.05, 3.63) is 35.4 Å². The van der Waals surface area contributed by atoms with E-state index in [0.29, 0.717) is 12.1 Å². The molecule has 3 unspecified atom stereocenters. The van der Waals surface area contributed by atoms with Gasteiger partial charge in [-0.25, -0.2) is 0 Å². The van der Waals surface area contributed by atoms with Gasteiger partial charge in [-0.1, -0.05) is 12.1 Å². The Bertz CT molecular complexity index is 447. The molecule has 2 rings (SSSR count). The van der Waals surface area contributed by atoms with Gasteiger partial charge >= 0.3 is 6.18 Å². The van der Waals surface area contributed by atoms with Gasteiger partial charge in [-0.05, 0) is 37.0 Å². The van der Waals surface area contributed by atoms with Crippen LogP contribution in [-0.4, -0.2) is 30.9 Å². The van der Waals surface area contributed by atoms with Crippen LogP contribution in [0.5, 0.6) is 0 Å². The lowest BCUT2D eigenvalue weighted by atomic mass is 10.1. The minimum Gasteiger partial charge on any atom is -0.387 e. The number of ether oxygens (including phenoxy) is 1. The number of hydrogen-bond acceptors (Lipinski definition) is 3. The molecular weight excluding hydrogens is 283 g/mol. The summed E-state index contributed by atoms with van der Waals surface area (Å²) in [6.45, 7) is 0.301. The Morgan fingerprint density at radius 3 is 2.52 bits per heavy atom. The minimum atomic E-state index is -4.35. The van der Waals surface area contributed by atoms with Gasteiger partial charge in [0.05, 0.1) is 17.8 Å². The molecule has 0 bridgehead atoms. The van der Waals surface area contributed by atoms with Crippen LogP contribution < -0.4 is 5.32 Å². The average Bonchev–Trinajstić information content (AvgIpc) is 2.91. The van der Waals surface area contributed by atoms with Crippen molar-refractivity contribution in [2.75, 3.05) is 13.7 Å². The van der Waals surface area contributed by atoms with Crippen molar-refractivity contribution in [2.24, 2.45) is 0 Å². The maximum Gasteiger partial charge on any atom is 0.416 e. The minimum absolute atomic E-state index is 0.143. The third-order valence-corrected chi connectivity index (χ3v) is 3.95. The first-order valence-electron chi connectivity index (χ1n) is 7.03. The highest BCUT2D eigenvalue weighted by molar-refractivity contribution is 5.26. The first-order valence-corrected chi connectivity index (χ1v) is 7.03. The number of nitrogens with one attached hydrogen (secondary N) is 1. The second-order valence-electron chi connectivity index (χ2n) is 5.36. The molecule has 0 aromatic heterocycles. The molecule has 1 aromatic rings. The molecule has 1 aromatic carbocycles. The van der Waals surface area contributed by atoms with Crippen molar-refractivity contribution in [2.45, 2.75) is 43.7 Å². The van der Waals surface area contributed by atoms with E-state index in [0.717, 1.165) is 31.4 Å². The Labute approximate surface area is 122 Å². The molecule has 1 aliphatic rings. The summed E-state index contributed by atoms with van der Waals surface area (Å²) in [7, 11) is 1.66. The summed E-state index contributed by atoms with van der Waals surface area (Å²) >= 11 is 0. The SMILES string of the molecule is COC1CCCC1NCC(O)c1ccc(C(F)(F)F)cc1. The number of aliphatic hydroxyl groups is 1. The zero-order valence-electron chi connectivity index (χ0n) is 11.9. The van der Waals surface area contributed by atoms with E-state index in [1.54, 1.807) is 7.11 Å². The number of rotatable bonds is 5. The smallest absolute Gasteiger partial charge is 0.387 e. The number of hydrogen-bond donors (Lipinski definition) is 2. The highest BCUT2D eigenvalue weighted by atomic mass is 19.4. The summed E-state index contributed by atoms with van der Waals surface area (Å²) < 4.78 is 42.7. The summed E-state index contributed by atoms with van der Waals surface area (Å²) in [5, 5.41) is 13.3. The van der Waals surface area contributed by atoms with Gasteiger partial charge in [-0.15, -0.1) is 0 Å². The number of aliphatic hydroxyl groups excluding tert-OH is 1. The predicted molar refractivity (Wildman–Crippen MR) is 72.8 cm³/mol. The molecule has 0 spiro atoms. The molecule has 6 heteroatoms. The fraction of sp³-hybridized carbons (Fsp3) is 0.600. The quantitative estimate of drug-likeness (QED) is 0.879. The van der Waals surface area contributed by atoms with E-state index in [2.05, 4.69) is 5.32 Å². The third-order valence-electron chi connectivity index (χ3n) is 3.95. The van der Waals surface area contributed by atoms with Crippen molar-refractivity contribution < 1.29 is 23.0 Å². The zero-order valence-corrected chi connectivity index (χ0v) is 11.9. The van der Waals surface area contributed by atoms with Gasteiger partial charge in [0, 0.05) is 19.7 Å². The van der Waals surface area contributed by atoms with Gasteiger partial charge < -0.3 is 15.2 Å². The molecule has 0 heterocycles. The molecular formula is C15H20F3NO2. The van der Waals surface area contributed by atoms with Crippen molar-refractivity contribution >= 4 is 0 Å². The van der Waals surface area contributed by atoms with Crippen LogP contribution in [-0.2, 0) is 10.9 Å². The number of benzene rings is 1. The van der Waals surface area contributed by atoms with Crippen LogP contribution in [0.4, 0.5) is 13.2 Å². The van der Waals surface area contributed by atoms with Crippen molar-refractivity contribution in [1.29, 1.82) is 0 Å². The van der Waals surface area contributed by atoms with Crippen LogP contribution in [0.1, 0.15) is 36.5 Å². The van der Waals surface area contributed by atoms with Crippen LogP contribution in [0.2, 0.25) is 0 Å². The van der Waals surface area contributed by atoms with E-state index in [1.807, 2.05) is 0 Å². The van der Waals surface area contributed by atoms with E-state index in [-0.39, 0.29) is 12.1 Å². The van der Waals surface area contributed by atoms with Crippen LogP contribution >= 0.6 is 0 Å². The summed E-state index contributed by atoms with van der Waals surface area (Å²) in [4.78, 5) is 0. The molecule has 1 fully saturated rings. The van der Waals surface area contributed by atoms with Crippen molar-refractivity contribution in [3.8, 4) is 0 Å². The zero-order chi connectivity index (χ0) is 15.5. The Morgan fingerprint density at radius 2 is 1.95 bits per heavy atom. The normalized spacial score (nSPS) is 24.2. The second-order valence-corrected chi connectivity index (χ2v) is 5.36. The summed E-state index contributed by atoms with van der Waals surface area (Å²) in [6.07, 6.45) is -1.98. The van der Waals surface area contributed by atoms with Crippen LogP contribution in [0.25, 0.3) is 0 Å². The maximum absolute atomic E-state index is 12.5. The number of halogens is 3. The van der Waals surface area contributed by atoms with Gasteiger partial charge in [0.25, 0.3) is 0 Å². The Balaban J connectivity index is 1.90. The Morgan fingerprint density at radius 1 is 1.29 bits per heavy atom. The van der Waals surface area contributed by atoms with Gasteiger partial charge in [-0.3, -0.25) is 0 Å². The molecule has 0 amide bonds. The van der Waals surface area contributed by atoms with Gasteiger partial charge in [-0.2, -0.15) is 13.2 Å². The lowest BCUT2D eigenvalue weighted by Gasteiger charge is -2.22. The van der Waals surface area contributed by atoms with E-state index in [4.69, 9.17) is 4.74 Å². The van der Waals surface area contributed by atoms with Crippen molar-refractivity contribution in [1.82, 2.24) is 5.32 Å². The monoisotopic (exact) mass is 303 g/mol. The van der Waals surface area contributed by atoms with E-state index in [1.165, 1.54) is 12.1 Å².